The van der Waals surface area contributed by atoms with E-state index in [0.717, 1.165) is 49.7 Å². The van der Waals surface area contributed by atoms with Crippen molar-refractivity contribution in [2.45, 2.75) is 201 Å². The number of benzene rings is 4. The van der Waals surface area contributed by atoms with Crippen LogP contribution in [0.2, 0.25) is 0 Å². The summed E-state index contributed by atoms with van der Waals surface area (Å²) in [7, 11) is 20.2. The Labute approximate surface area is 525 Å². The van der Waals surface area contributed by atoms with Crippen molar-refractivity contribution in [2.75, 3.05) is 52.4 Å². The van der Waals surface area contributed by atoms with Gasteiger partial charge in [0.15, 0.2) is 0 Å². The molecule has 6 nitrogen and oxygen atoms in total. The van der Waals surface area contributed by atoms with Gasteiger partial charge in [-0.15, -0.1) is 0 Å². The van der Waals surface area contributed by atoms with Gasteiger partial charge in [-0.2, -0.15) is 13.3 Å². The van der Waals surface area contributed by atoms with E-state index in [1.807, 2.05) is 30.5 Å². The molecule has 10 rings (SSSR count). The average Bonchev–Trinajstić information content (AvgIpc) is 4.28. The van der Waals surface area contributed by atoms with E-state index in [9.17, 15) is 0 Å². The molecule has 0 N–H and O–H groups in total. The fraction of sp³-hybridized carbons (Fsp3) is 0.522. The molecule has 4 aromatic carbocycles. The number of anilines is 4. The Balaban J connectivity index is 0.000000191. The third-order valence-electron chi connectivity index (χ3n) is 16.9. The predicted molar refractivity (Wildman–Crippen MR) is 360 cm³/mol. The second-order valence-corrected chi connectivity index (χ2v) is 39.0. The number of halogens is 4. The quantitative estimate of drug-likeness (QED) is 0.0664. The Morgan fingerprint density at radius 2 is 0.902 bits per heavy atom. The van der Waals surface area contributed by atoms with Crippen molar-refractivity contribution in [2.24, 2.45) is 0 Å². The minimum absolute atomic E-state index is 0.0465. The molecule has 2 saturated heterocycles. The average molecular weight is 1390 g/mol. The van der Waals surface area contributed by atoms with Crippen LogP contribution in [-0.4, -0.2) is 65.0 Å². The van der Waals surface area contributed by atoms with E-state index in [1.165, 1.54) is 78.5 Å². The monoisotopic (exact) mass is 1390 g/mol. The summed E-state index contributed by atoms with van der Waals surface area (Å²) in [6, 6.07) is 30.2. The molecule has 0 atom stereocenters. The Morgan fingerprint density at radius 1 is 0.524 bits per heavy atom. The number of aryl methyl sites for hydroxylation is 6. The standard InChI is InChI=1S/C28H34N3O.C21H27N2.C18H33P.2CH2.4ClH.2Ru/c1-21(2)24-11-9-12-25(22(3)4)28(24)31-18-17-30(20-31)26-13-5-6-14-27(26)32-19-15-23-10-7-8-16-29-23;1-14-9-16(3)20(17(4)10-14)22-7-8-23(13-22)21-18(5)11-15(2)12-19(21)6;1-4-10-16(11-5-1)19(17-12-6-2-7-13-17)18-14-8-3-9-15-18;;;;;;;;/h5-14,16,20-22H,15,17-19H2,1-4H3;9-13H,7-8H2,1-6H3;16-18H,1-15H2;2*1H2;4*1H;;/q2*-1;;;;;;;;2*+2/p-3. The van der Waals surface area contributed by atoms with E-state index in [1.54, 1.807) is 96.3 Å². The molecule has 5 fully saturated rings. The fourth-order valence-electron chi connectivity index (χ4n) is 13.7. The molecule has 0 radical (unpaired) electrons. The molecular formula is C69H99Cl4N5OPRu2-. The van der Waals surface area contributed by atoms with Gasteiger partial charge < -0.3 is 24.3 Å². The second-order valence-electron chi connectivity index (χ2n) is 24.0. The number of rotatable bonds is 13. The number of aromatic nitrogens is 1. The third-order valence-corrected chi connectivity index (χ3v) is 21.5. The first-order valence-electron chi connectivity index (χ1n) is 30.4. The first-order valence-corrected chi connectivity index (χ1v) is 43.6. The Bertz CT molecular complexity index is 2570. The molecule has 0 amide bonds. The van der Waals surface area contributed by atoms with E-state index >= 15 is 0 Å². The van der Waals surface area contributed by atoms with Gasteiger partial charge >= 0.3 is 76.0 Å². The summed E-state index contributed by atoms with van der Waals surface area (Å²) in [5, 5.41) is 6.63. The molecule has 5 aliphatic rings. The van der Waals surface area contributed by atoms with Gasteiger partial charge in [0.05, 0.1) is 29.3 Å². The van der Waals surface area contributed by atoms with E-state index in [2.05, 4.69) is 178 Å². The van der Waals surface area contributed by atoms with Crippen molar-refractivity contribution in [3.63, 3.8) is 0 Å². The van der Waals surface area contributed by atoms with Crippen molar-refractivity contribution in [1.82, 2.24) is 4.98 Å². The molecule has 3 saturated carbocycles. The van der Waals surface area contributed by atoms with E-state index in [-0.39, 0.29) is 7.92 Å². The molecule has 0 bridgehead atoms. The van der Waals surface area contributed by atoms with Gasteiger partial charge in [-0.1, -0.05) is 119 Å². The zero-order chi connectivity index (χ0) is 59.3. The van der Waals surface area contributed by atoms with Crippen LogP contribution in [0.1, 0.15) is 186 Å². The zero-order valence-corrected chi connectivity index (χ0v) is 58.8. The number of ether oxygens (including phenoxy) is 1. The van der Waals surface area contributed by atoms with Crippen molar-refractivity contribution >= 4 is 79.7 Å². The van der Waals surface area contributed by atoms with Crippen LogP contribution in [0.15, 0.2) is 91.1 Å². The molecule has 5 aromatic rings. The van der Waals surface area contributed by atoms with Gasteiger partial charge in [0, 0.05) is 69.5 Å². The topological polar surface area (TPSA) is 35.1 Å². The van der Waals surface area contributed by atoms with Crippen LogP contribution < -0.4 is 24.3 Å². The summed E-state index contributed by atoms with van der Waals surface area (Å²) >= 11 is -2.95. The van der Waals surface area contributed by atoms with E-state index in [0.29, 0.717) is 18.4 Å². The number of hydrogen-bond donors (Lipinski definition) is 0. The molecule has 0 unspecified atom stereocenters. The van der Waals surface area contributed by atoms with E-state index in [4.69, 9.17) is 43.5 Å². The summed E-state index contributed by atoms with van der Waals surface area (Å²) < 4.78 is 6.20. The van der Waals surface area contributed by atoms with Crippen molar-refractivity contribution in [1.29, 1.82) is 0 Å². The van der Waals surface area contributed by atoms with Gasteiger partial charge in [-0.25, -0.2) is 0 Å². The van der Waals surface area contributed by atoms with Crippen LogP contribution in [0.3, 0.4) is 0 Å². The molecular weight excluding hydrogens is 1290 g/mol. The third kappa shape index (κ3) is 21.2. The van der Waals surface area contributed by atoms with Crippen LogP contribution in [0.25, 0.3) is 0 Å². The number of nitrogens with zero attached hydrogens (tertiary/aromatic N) is 5. The Kier molecular flexibility index (Phi) is 29.7. The first kappa shape index (κ1) is 68.7. The van der Waals surface area contributed by atoms with Crippen molar-refractivity contribution < 1.29 is 31.8 Å². The zero-order valence-electron chi connectivity index (χ0n) is 51.3. The normalized spacial score (nSPS) is 17.3. The van der Waals surface area contributed by atoms with Gasteiger partial charge in [0.25, 0.3) is 0 Å². The summed E-state index contributed by atoms with van der Waals surface area (Å²) in [5.74, 6) is 1.88. The summed E-state index contributed by atoms with van der Waals surface area (Å²) in [6.07, 6.45) is 26.4. The molecule has 13 heteroatoms. The van der Waals surface area contributed by atoms with Crippen LogP contribution in [0, 0.1) is 54.9 Å². The van der Waals surface area contributed by atoms with Gasteiger partial charge in [-0.3, -0.25) is 4.98 Å². The molecule has 0 spiro atoms. The minimum atomic E-state index is -1.48. The molecule has 456 valence electrons. The van der Waals surface area contributed by atoms with Crippen LogP contribution in [-0.2, 0) is 33.5 Å². The number of para-hydroxylation sites is 3. The molecule has 2 aliphatic heterocycles. The van der Waals surface area contributed by atoms with Crippen LogP contribution in [0.5, 0.6) is 5.75 Å². The summed E-state index contributed by atoms with van der Waals surface area (Å²) in [6.45, 7) is 31.5. The van der Waals surface area contributed by atoms with Crippen LogP contribution >= 0.6 is 46.7 Å². The molecule has 82 heavy (non-hydrogen) atoms. The Hall–Kier alpha value is -2.39. The molecule has 3 heterocycles. The van der Waals surface area contributed by atoms with Crippen molar-refractivity contribution in [3.8, 4) is 5.75 Å². The maximum absolute atomic E-state index is 6.20. The van der Waals surface area contributed by atoms with Crippen LogP contribution in [0.4, 0.5) is 22.7 Å². The van der Waals surface area contributed by atoms with E-state index < -0.39 is 27.0 Å². The second kappa shape index (κ2) is 35.4. The summed E-state index contributed by atoms with van der Waals surface area (Å²) in [4.78, 5) is 13.9. The molecule has 3 aliphatic carbocycles. The summed E-state index contributed by atoms with van der Waals surface area (Å²) in [5.41, 5.74) is 20.9. The van der Waals surface area contributed by atoms with Gasteiger partial charge in [-0.05, 0) is 188 Å². The van der Waals surface area contributed by atoms with Gasteiger partial charge in [0.2, 0.25) is 0 Å². The van der Waals surface area contributed by atoms with Gasteiger partial charge in [0.1, 0.15) is 5.75 Å². The number of hydrogen-bond acceptors (Lipinski definition) is 6. The first-order chi connectivity index (χ1) is 39.3. The molecule has 1 aromatic heterocycles. The fourth-order valence-corrected chi connectivity index (χ4v) is 18.9. The predicted octanol–water partition coefficient (Wildman–Crippen LogP) is 20.3. The SMILES string of the molecule is C1CCC([PH+](C2CCCCC2)C2CCCCC2)CC1.CC(C)c1cccc(C(C)C)c1N1[CH-]N(c2ccccc2OCCc2ccccn2)CC1.Cc1cc(C)c(N2[CH-]N(c3c(C)cc(C)cc3C)CC2)c(C)c1.[CH2]=[Ru]([Cl])[Cl].[CH2]=[Ru]([Cl])[Cl]. The van der Waals surface area contributed by atoms with Crippen molar-refractivity contribution in [3.05, 3.63) is 155 Å². The maximum atomic E-state index is 6.20. The Morgan fingerprint density at radius 3 is 1.30 bits per heavy atom. The number of pyridine rings is 1.